The smallest absolute Gasteiger partial charge is 0.231 e. The van der Waals surface area contributed by atoms with Gasteiger partial charge in [0.1, 0.15) is 0 Å². The Morgan fingerprint density at radius 2 is 1.89 bits per heavy atom. The Hall–Kier alpha value is -1.35. The van der Waals surface area contributed by atoms with E-state index in [1.165, 1.54) is 17.5 Å². The van der Waals surface area contributed by atoms with Crippen LogP contribution in [-0.2, 0) is 4.79 Å². The molecular formula is C16H22N2O. The molecule has 3 rings (SSSR count). The summed E-state index contributed by atoms with van der Waals surface area (Å²) in [4.78, 5) is 14.5. The number of nitrogens with one attached hydrogen (secondary N) is 1. The molecule has 2 bridgehead atoms. The summed E-state index contributed by atoms with van der Waals surface area (Å²) in [6.07, 6.45) is 3.40. The quantitative estimate of drug-likeness (QED) is 0.883. The van der Waals surface area contributed by atoms with E-state index >= 15 is 0 Å². The third kappa shape index (κ3) is 2.27. The zero-order valence-electron chi connectivity index (χ0n) is 11.9. The second-order valence-corrected chi connectivity index (χ2v) is 6.13. The average Bonchev–Trinajstić information content (AvgIpc) is 2.98. The fraction of sp³-hybridized carbons (Fsp3) is 0.562. The highest BCUT2D eigenvalue weighted by Crippen LogP contribution is 2.35. The van der Waals surface area contributed by atoms with Crippen LogP contribution >= 0.6 is 0 Å². The van der Waals surface area contributed by atoms with E-state index in [1.54, 1.807) is 0 Å². The second kappa shape index (κ2) is 4.64. The standard InChI is InChI=1S/C16H22N2O/c1-10-6-11(2)8-13(7-10)18(3)16(19)14-9-12-4-5-15(14)17-12/h6-8,12,14-15,17H,4-5,9H2,1-3H3. The normalized spacial score (nSPS) is 28.7. The number of hydrogen-bond acceptors (Lipinski definition) is 2. The Balaban J connectivity index is 1.79. The van der Waals surface area contributed by atoms with E-state index < -0.39 is 0 Å². The summed E-state index contributed by atoms with van der Waals surface area (Å²) in [5, 5.41) is 3.54. The van der Waals surface area contributed by atoms with Crippen LogP contribution in [0.4, 0.5) is 5.69 Å². The van der Waals surface area contributed by atoms with E-state index in [9.17, 15) is 4.79 Å². The molecule has 2 fully saturated rings. The topological polar surface area (TPSA) is 32.3 Å². The lowest BCUT2D eigenvalue weighted by molar-refractivity contribution is -0.122. The fourth-order valence-corrected chi connectivity index (χ4v) is 3.62. The Morgan fingerprint density at radius 1 is 1.21 bits per heavy atom. The summed E-state index contributed by atoms with van der Waals surface area (Å²) >= 11 is 0. The van der Waals surface area contributed by atoms with Crippen LogP contribution in [0.1, 0.15) is 30.4 Å². The first-order valence-electron chi connectivity index (χ1n) is 7.16. The lowest BCUT2D eigenvalue weighted by atomic mass is 9.88. The zero-order valence-corrected chi connectivity index (χ0v) is 11.9. The van der Waals surface area contributed by atoms with Crippen molar-refractivity contribution in [1.29, 1.82) is 0 Å². The van der Waals surface area contributed by atoms with Crippen molar-refractivity contribution in [2.45, 2.75) is 45.2 Å². The summed E-state index contributed by atoms with van der Waals surface area (Å²) in [5.74, 6) is 0.439. The highest BCUT2D eigenvalue weighted by Gasteiger charge is 2.43. The summed E-state index contributed by atoms with van der Waals surface area (Å²) in [6, 6.07) is 7.30. The van der Waals surface area contributed by atoms with Crippen LogP contribution in [0.25, 0.3) is 0 Å². The van der Waals surface area contributed by atoms with Crippen LogP contribution in [0.5, 0.6) is 0 Å². The van der Waals surface area contributed by atoms with Gasteiger partial charge in [-0.05, 0) is 56.4 Å². The number of amides is 1. The van der Waals surface area contributed by atoms with Crippen molar-refractivity contribution >= 4 is 11.6 Å². The predicted molar refractivity (Wildman–Crippen MR) is 77.4 cm³/mol. The monoisotopic (exact) mass is 258 g/mol. The second-order valence-electron chi connectivity index (χ2n) is 6.13. The molecule has 0 aromatic heterocycles. The molecule has 0 saturated carbocycles. The lowest BCUT2D eigenvalue weighted by Gasteiger charge is -2.26. The van der Waals surface area contributed by atoms with Crippen LogP contribution < -0.4 is 10.2 Å². The molecule has 2 heterocycles. The van der Waals surface area contributed by atoms with Crippen LogP contribution in [0.2, 0.25) is 0 Å². The molecule has 102 valence electrons. The Morgan fingerprint density at radius 3 is 2.42 bits per heavy atom. The third-order valence-corrected chi connectivity index (χ3v) is 4.54. The Kier molecular flexibility index (Phi) is 3.09. The van der Waals surface area contributed by atoms with Crippen molar-refractivity contribution in [2.75, 3.05) is 11.9 Å². The largest absolute Gasteiger partial charge is 0.315 e. The van der Waals surface area contributed by atoms with Crippen molar-refractivity contribution < 1.29 is 4.79 Å². The molecular weight excluding hydrogens is 236 g/mol. The number of carbonyl (C=O) groups is 1. The number of benzene rings is 1. The van der Waals surface area contributed by atoms with Gasteiger partial charge >= 0.3 is 0 Å². The molecule has 19 heavy (non-hydrogen) atoms. The summed E-state index contributed by atoms with van der Waals surface area (Å²) in [5.41, 5.74) is 3.44. The minimum absolute atomic E-state index is 0.171. The van der Waals surface area contributed by atoms with E-state index in [0.717, 1.165) is 18.5 Å². The maximum absolute atomic E-state index is 12.6. The van der Waals surface area contributed by atoms with Gasteiger partial charge in [-0.2, -0.15) is 0 Å². The number of nitrogens with zero attached hydrogens (tertiary/aromatic N) is 1. The van der Waals surface area contributed by atoms with Gasteiger partial charge in [0, 0.05) is 24.8 Å². The molecule has 0 aliphatic carbocycles. The Bertz CT molecular complexity index is 491. The SMILES string of the molecule is Cc1cc(C)cc(N(C)C(=O)C2CC3CCC2N3)c1. The van der Waals surface area contributed by atoms with Gasteiger partial charge in [-0.1, -0.05) is 6.07 Å². The first kappa shape index (κ1) is 12.7. The van der Waals surface area contributed by atoms with Gasteiger partial charge in [0.25, 0.3) is 0 Å². The number of aryl methyl sites for hydroxylation is 2. The molecule has 3 nitrogen and oxygen atoms in total. The zero-order chi connectivity index (χ0) is 13.6. The van der Waals surface area contributed by atoms with Crippen LogP contribution in [0.3, 0.4) is 0 Å². The van der Waals surface area contributed by atoms with E-state index in [4.69, 9.17) is 0 Å². The van der Waals surface area contributed by atoms with Crippen LogP contribution in [0.15, 0.2) is 18.2 Å². The van der Waals surface area contributed by atoms with Crippen molar-refractivity contribution in [3.63, 3.8) is 0 Å². The number of anilines is 1. The molecule has 1 aromatic rings. The molecule has 2 aliphatic heterocycles. The molecule has 2 saturated heterocycles. The lowest BCUT2D eigenvalue weighted by Crippen LogP contribution is -2.38. The highest BCUT2D eigenvalue weighted by atomic mass is 16.2. The van der Waals surface area contributed by atoms with Gasteiger partial charge in [-0.3, -0.25) is 4.79 Å². The third-order valence-electron chi connectivity index (χ3n) is 4.54. The Labute approximate surface area is 115 Å². The molecule has 0 radical (unpaired) electrons. The van der Waals surface area contributed by atoms with Gasteiger partial charge < -0.3 is 10.2 Å². The first-order valence-corrected chi connectivity index (χ1v) is 7.16. The van der Waals surface area contributed by atoms with Gasteiger partial charge in [0.15, 0.2) is 0 Å². The molecule has 1 N–H and O–H groups in total. The van der Waals surface area contributed by atoms with Crippen LogP contribution in [0, 0.1) is 19.8 Å². The molecule has 3 atom stereocenters. The van der Waals surface area contributed by atoms with Crippen molar-refractivity contribution in [3.8, 4) is 0 Å². The van der Waals surface area contributed by atoms with Crippen LogP contribution in [-0.4, -0.2) is 25.0 Å². The molecule has 3 unspecified atom stereocenters. The van der Waals surface area contributed by atoms with Crippen molar-refractivity contribution in [2.24, 2.45) is 5.92 Å². The first-order chi connectivity index (χ1) is 9.04. The van der Waals surface area contributed by atoms with Gasteiger partial charge in [0.05, 0.1) is 5.92 Å². The van der Waals surface area contributed by atoms with E-state index in [2.05, 4.69) is 37.4 Å². The summed E-state index contributed by atoms with van der Waals surface area (Å²) in [6.45, 7) is 4.15. The number of hydrogen-bond donors (Lipinski definition) is 1. The van der Waals surface area contributed by atoms with Gasteiger partial charge in [-0.15, -0.1) is 0 Å². The molecule has 0 spiro atoms. The molecule has 3 heteroatoms. The maximum atomic E-state index is 12.6. The number of rotatable bonds is 2. The molecule has 1 aromatic carbocycles. The molecule has 1 amide bonds. The van der Waals surface area contributed by atoms with E-state index in [1.807, 2.05) is 11.9 Å². The summed E-state index contributed by atoms with van der Waals surface area (Å²) < 4.78 is 0. The van der Waals surface area contributed by atoms with Crippen molar-refractivity contribution in [3.05, 3.63) is 29.3 Å². The predicted octanol–water partition coefficient (Wildman–Crippen LogP) is 2.41. The number of fused-ring (bicyclic) bond motifs is 2. The molecule has 2 aliphatic rings. The van der Waals surface area contributed by atoms with Crippen molar-refractivity contribution in [1.82, 2.24) is 5.32 Å². The van der Waals surface area contributed by atoms with E-state index in [0.29, 0.717) is 12.1 Å². The number of carbonyl (C=O) groups excluding carboxylic acids is 1. The minimum Gasteiger partial charge on any atom is -0.315 e. The summed E-state index contributed by atoms with van der Waals surface area (Å²) in [7, 11) is 1.91. The van der Waals surface area contributed by atoms with Gasteiger partial charge in [0.2, 0.25) is 5.91 Å². The average molecular weight is 258 g/mol. The van der Waals surface area contributed by atoms with Gasteiger partial charge in [-0.25, -0.2) is 0 Å². The highest BCUT2D eigenvalue weighted by molar-refractivity contribution is 5.95. The van der Waals surface area contributed by atoms with E-state index in [-0.39, 0.29) is 11.8 Å². The fourth-order valence-electron chi connectivity index (χ4n) is 3.62. The maximum Gasteiger partial charge on any atom is 0.231 e. The minimum atomic E-state index is 0.171.